The lowest BCUT2D eigenvalue weighted by Crippen LogP contribution is -2.46. The minimum Gasteiger partial charge on any atom is -0.468 e. The second-order valence-corrected chi connectivity index (χ2v) is 6.96. The molecule has 1 fully saturated rings. The number of ether oxygens (including phenoxy) is 1. The van der Waals surface area contributed by atoms with Gasteiger partial charge in [0, 0.05) is 31.2 Å². The van der Waals surface area contributed by atoms with Gasteiger partial charge in [-0.2, -0.15) is 0 Å². The van der Waals surface area contributed by atoms with Gasteiger partial charge in [0.05, 0.1) is 25.5 Å². The van der Waals surface area contributed by atoms with E-state index in [1.54, 1.807) is 18.4 Å². The Bertz CT molecular complexity index is 758. The molecule has 1 aliphatic rings. The third-order valence-corrected chi connectivity index (χ3v) is 4.88. The fourth-order valence-corrected chi connectivity index (χ4v) is 3.23. The zero-order valence-corrected chi connectivity index (χ0v) is 16.3. The van der Waals surface area contributed by atoms with Crippen LogP contribution in [0, 0.1) is 0 Å². The van der Waals surface area contributed by atoms with Crippen molar-refractivity contribution >= 4 is 23.4 Å². The molecule has 28 heavy (non-hydrogen) atoms. The van der Waals surface area contributed by atoms with Crippen LogP contribution in [-0.2, 0) is 20.7 Å². The second kappa shape index (κ2) is 10.3. The molecule has 7 nitrogen and oxygen atoms in total. The van der Waals surface area contributed by atoms with Crippen LogP contribution < -0.4 is 10.6 Å². The average Bonchev–Trinajstić information content (AvgIpc) is 3.25. The highest BCUT2D eigenvalue weighted by atomic mass is 35.5. The summed E-state index contributed by atoms with van der Waals surface area (Å²) in [5, 5.41) is 6.02. The van der Waals surface area contributed by atoms with Gasteiger partial charge in [0.2, 0.25) is 0 Å². The van der Waals surface area contributed by atoms with Crippen LogP contribution in [0.3, 0.4) is 0 Å². The van der Waals surface area contributed by atoms with Gasteiger partial charge in [-0.1, -0.05) is 23.7 Å². The molecule has 0 radical (unpaired) electrons. The summed E-state index contributed by atoms with van der Waals surface area (Å²) >= 11 is 5.85. The van der Waals surface area contributed by atoms with E-state index in [0.717, 1.165) is 24.4 Å². The molecule has 1 saturated heterocycles. The minimum atomic E-state index is -0.652. The molecule has 0 saturated carbocycles. The van der Waals surface area contributed by atoms with E-state index in [0.29, 0.717) is 31.2 Å². The van der Waals surface area contributed by atoms with Gasteiger partial charge >= 0.3 is 11.8 Å². The van der Waals surface area contributed by atoms with E-state index < -0.39 is 11.8 Å². The number of morpholine rings is 1. The summed E-state index contributed by atoms with van der Waals surface area (Å²) in [7, 11) is 0. The van der Waals surface area contributed by atoms with Crippen LogP contribution in [0.1, 0.15) is 17.4 Å². The highest BCUT2D eigenvalue weighted by Gasteiger charge is 2.26. The molecule has 3 rings (SSSR count). The number of nitrogens with one attached hydrogen (secondary N) is 2. The molecule has 2 N–H and O–H groups in total. The van der Waals surface area contributed by atoms with Gasteiger partial charge < -0.3 is 19.8 Å². The predicted octanol–water partition coefficient (Wildman–Crippen LogP) is 1.78. The third kappa shape index (κ3) is 5.82. The van der Waals surface area contributed by atoms with Crippen LogP contribution in [0.15, 0.2) is 47.1 Å². The SMILES string of the molecule is O=C(NCCc1ccc(Cl)cc1)C(=O)NC[C@@H](c1ccco1)N1CCOCC1. The molecule has 1 aromatic heterocycles. The van der Waals surface area contributed by atoms with Gasteiger partial charge in [0.1, 0.15) is 5.76 Å². The Balaban J connectivity index is 1.46. The van der Waals surface area contributed by atoms with Crippen LogP contribution in [-0.4, -0.2) is 56.1 Å². The smallest absolute Gasteiger partial charge is 0.309 e. The van der Waals surface area contributed by atoms with E-state index in [2.05, 4.69) is 15.5 Å². The fourth-order valence-electron chi connectivity index (χ4n) is 3.10. The number of rotatable bonds is 7. The molecule has 2 heterocycles. The van der Waals surface area contributed by atoms with Gasteiger partial charge in [-0.3, -0.25) is 14.5 Å². The largest absolute Gasteiger partial charge is 0.468 e. The van der Waals surface area contributed by atoms with Crippen LogP contribution in [0.5, 0.6) is 0 Å². The Morgan fingerprint density at radius 1 is 1.07 bits per heavy atom. The number of amides is 2. The first-order chi connectivity index (χ1) is 13.6. The quantitative estimate of drug-likeness (QED) is 0.686. The Hall–Kier alpha value is -2.35. The fraction of sp³-hybridized carbons (Fsp3) is 0.400. The molecule has 1 aromatic carbocycles. The standard InChI is InChI=1S/C20H24ClN3O4/c21-16-5-3-15(4-6-16)7-8-22-19(25)20(26)23-14-17(18-2-1-11-28-18)24-9-12-27-13-10-24/h1-6,11,17H,7-10,12-14H2,(H,22,25)(H,23,26)/t17-/m0/s1. The minimum absolute atomic E-state index is 0.135. The lowest BCUT2D eigenvalue weighted by atomic mass is 10.1. The van der Waals surface area contributed by atoms with Crippen molar-refractivity contribution < 1.29 is 18.7 Å². The van der Waals surface area contributed by atoms with Crippen molar-refractivity contribution in [3.8, 4) is 0 Å². The third-order valence-electron chi connectivity index (χ3n) is 4.63. The molecule has 1 aliphatic heterocycles. The maximum atomic E-state index is 12.2. The van der Waals surface area contributed by atoms with E-state index in [1.807, 2.05) is 24.3 Å². The predicted molar refractivity (Wildman–Crippen MR) is 105 cm³/mol. The number of benzene rings is 1. The zero-order chi connectivity index (χ0) is 19.8. The van der Waals surface area contributed by atoms with E-state index >= 15 is 0 Å². The number of hydrogen-bond acceptors (Lipinski definition) is 5. The summed E-state index contributed by atoms with van der Waals surface area (Å²) in [6.07, 6.45) is 2.23. The van der Waals surface area contributed by atoms with E-state index in [4.69, 9.17) is 20.8 Å². The molecule has 0 unspecified atom stereocenters. The second-order valence-electron chi connectivity index (χ2n) is 6.52. The van der Waals surface area contributed by atoms with E-state index in [9.17, 15) is 9.59 Å². The molecule has 1 atom stereocenters. The number of carbonyl (C=O) groups is 2. The first kappa shape index (κ1) is 20.4. The van der Waals surface area contributed by atoms with Crippen molar-refractivity contribution in [2.45, 2.75) is 12.5 Å². The topological polar surface area (TPSA) is 83.8 Å². The normalized spacial score (nSPS) is 15.8. The number of furan rings is 1. The summed E-state index contributed by atoms with van der Waals surface area (Å²) in [5.41, 5.74) is 1.04. The zero-order valence-electron chi connectivity index (χ0n) is 15.5. The van der Waals surface area contributed by atoms with Crippen molar-refractivity contribution in [2.75, 3.05) is 39.4 Å². The first-order valence-corrected chi connectivity index (χ1v) is 9.67. The molecule has 2 amide bonds. The lowest BCUT2D eigenvalue weighted by Gasteiger charge is -2.33. The van der Waals surface area contributed by atoms with E-state index in [-0.39, 0.29) is 12.6 Å². The number of hydrogen-bond donors (Lipinski definition) is 2. The van der Waals surface area contributed by atoms with Gasteiger partial charge in [-0.15, -0.1) is 0 Å². The summed E-state index contributed by atoms with van der Waals surface area (Å²) in [6, 6.07) is 10.9. The van der Waals surface area contributed by atoms with Crippen LogP contribution in [0.25, 0.3) is 0 Å². The van der Waals surface area contributed by atoms with Crippen molar-refractivity contribution in [3.05, 3.63) is 59.0 Å². The van der Waals surface area contributed by atoms with Crippen LogP contribution in [0.4, 0.5) is 0 Å². The molecule has 0 spiro atoms. The molecular formula is C20H24ClN3O4. The summed E-state index contributed by atoms with van der Waals surface area (Å²) in [5.74, 6) is -0.541. The Morgan fingerprint density at radius 2 is 1.79 bits per heavy atom. The molecule has 0 bridgehead atoms. The molecule has 8 heteroatoms. The number of nitrogens with zero attached hydrogens (tertiary/aromatic N) is 1. The average molecular weight is 406 g/mol. The Labute approximate surface area is 169 Å². The molecular weight excluding hydrogens is 382 g/mol. The molecule has 150 valence electrons. The van der Waals surface area contributed by atoms with Gasteiger partial charge in [-0.05, 0) is 36.2 Å². The molecule has 2 aromatic rings. The van der Waals surface area contributed by atoms with Crippen molar-refractivity contribution in [2.24, 2.45) is 0 Å². The van der Waals surface area contributed by atoms with Crippen molar-refractivity contribution in [1.29, 1.82) is 0 Å². The Morgan fingerprint density at radius 3 is 2.46 bits per heavy atom. The summed E-state index contributed by atoms with van der Waals surface area (Å²) in [4.78, 5) is 26.4. The van der Waals surface area contributed by atoms with Crippen LogP contribution in [0.2, 0.25) is 5.02 Å². The maximum Gasteiger partial charge on any atom is 0.309 e. The van der Waals surface area contributed by atoms with Crippen LogP contribution >= 0.6 is 11.6 Å². The van der Waals surface area contributed by atoms with Gasteiger partial charge in [0.25, 0.3) is 0 Å². The lowest BCUT2D eigenvalue weighted by molar-refractivity contribution is -0.139. The van der Waals surface area contributed by atoms with Crippen molar-refractivity contribution in [3.63, 3.8) is 0 Å². The van der Waals surface area contributed by atoms with E-state index in [1.165, 1.54) is 0 Å². The summed E-state index contributed by atoms with van der Waals surface area (Å²) in [6.45, 7) is 3.42. The van der Waals surface area contributed by atoms with Gasteiger partial charge in [-0.25, -0.2) is 0 Å². The van der Waals surface area contributed by atoms with Gasteiger partial charge in [0.15, 0.2) is 0 Å². The Kier molecular flexibility index (Phi) is 7.47. The highest BCUT2D eigenvalue weighted by molar-refractivity contribution is 6.35. The van der Waals surface area contributed by atoms with Crippen molar-refractivity contribution in [1.82, 2.24) is 15.5 Å². The summed E-state index contributed by atoms with van der Waals surface area (Å²) < 4.78 is 10.9. The number of carbonyl (C=O) groups excluding carboxylic acids is 2. The maximum absolute atomic E-state index is 12.2. The highest BCUT2D eigenvalue weighted by Crippen LogP contribution is 2.21. The monoisotopic (exact) mass is 405 g/mol. The molecule has 0 aliphatic carbocycles. The number of halogens is 1. The first-order valence-electron chi connectivity index (χ1n) is 9.29.